The van der Waals surface area contributed by atoms with E-state index in [1.807, 2.05) is 30.3 Å². The normalized spacial score (nSPS) is 11.6. The smallest absolute Gasteiger partial charge is 0.347 e. The number of hydrogen-bond acceptors (Lipinski definition) is 6. The van der Waals surface area contributed by atoms with Crippen LogP contribution in [0.3, 0.4) is 0 Å². The molecule has 1 aromatic heterocycles. The minimum Gasteiger partial charge on any atom is -0.473 e. The largest absolute Gasteiger partial charge is 0.473 e. The molecular weight excluding hydrogens is 306 g/mol. The quantitative estimate of drug-likeness (QED) is 0.650. The molecule has 0 saturated carbocycles. The SMILES string of the molecule is CCOC(=O)C(C)Oc1cnc(Cl)nc1Nc1ccccc1. The van der Waals surface area contributed by atoms with Crippen molar-refractivity contribution < 1.29 is 14.3 Å². The van der Waals surface area contributed by atoms with Gasteiger partial charge in [0.1, 0.15) is 0 Å². The average Bonchev–Trinajstić information content (AvgIpc) is 2.51. The highest BCUT2D eigenvalue weighted by Crippen LogP contribution is 2.27. The van der Waals surface area contributed by atoms with Crippen molar-refractivity contribution in [2.75, 3.05) is 11.9 Å². The van der Waals surface area contributed by atoms with Crippen LogP contribution >= 0.6 is 11.6 Å². The first-order valence-electron chi connectivity index (χ1n) is 6.78. The maximum atomic E-state index is 11.6. The van der Waals surface area contributed by atoms with E-state index in [1.165, 1.54) is 6.20 Å². The van der Waals surface area contributed by atoms with Crippen molar-refractivity contribution in [3.8, 4) is 5.75 Å². The first-order chi connectivity index (χ1) is 10.6. The van der Waals surface area contributed by atoms with Crippen LogP contribution in [0.4, 0.5) is 11.5 Å². The summed E-state index contributed by atoms with van der Waals surface area (Å²) < 4.78 is 10.5. The van der Waals surface area contributed by atoms with Gasteiger partial charge in [-0.2, -0.15) is 4.98 Å². The third-order valence-electron chi connectivity index (χ3n) is 2.68. The molecule has 1 heterocycles. The van der Waals surface area contributed by atoms with Crippen molar-refractivity contribution in [1.82, 2.24) is 9.97 Å². The summed E-state index contributed by atoms with van der Waals surface area (Å²) in [4.78, 5) is 19.6. The molecule has 2 aromatic rings. The van der Waals surface area contributed by atoms with E-state index >= 15 is 0 Å². The summed E-state index contributed by atoms with van der Waals surface area (Å²) in [5, 5.41) is 3.16. The number of benzene rings is 1. The van der Waals surface area contributed by atoms with E-state index < -0.39 is 12.1 Å². The second-order valence-electron chi connectivity index (χ2n) is 4.36. The lowest BCUT2D eigenvalue weighted by atomic mass is 10.3. The van der Waals surface area contributed by atoms with Crippen LogP contribution in [0.1, 0.15) is 13.8 Å². The topological polar surface area (TPSA) is 73.3 Å². The zero-order valence-corrected chi connectivity index (χ0v) is 13.0. The highest BCUT2D eigenvalue weighted by atomic mass is 35.5. The number of aromatic nitrogens is 2. The van der Waals surface area contributed by atoms with Crippen LogP contribution in [0.5, 0.6) is 5.75 Å². The first-order valence-corrected chi connectivity index (χ1v) is 7.16. The van der Waals surface area contributed by atoms with Gasteiger partial charge in [-0.05, 0) is 37.6 Å². The molecule has 1 unspecified atom stereocenters. The number of ether oxygens (including phenoxy) is 2. The van der Waals surface area contributed by atoms with E-state index in [1.54, 1.807) is 13.8 Å². The lowest BCUT2D eigenvalue weighted by Crippen LogP contribution is -2.26. The molecule has 6 nitrogen and oxygen atoms in total. The van der Waals surface area contributed by atoms with Gasteiger partial charge in [-0.25, -0.2) is 9.78 Å². The maximum absolute atomic E-state index is 11.6. The first kappa shape index (κ1) is 16.0. The summed E-state index contributed by atoms with van der Waals surface area (Å²) in [6, 6.07) is 9.40. The molecule has 1 N–H and O–H groups in total. The Morgan fingerprint density at radius 1 is 1.36 bits per heavy atom. The molecule has 0 amide bonds. The molecular formula is C15H16ClN3O3. The Kier molecular flexibility index (Phi) is 5.55. The number of hydrogen-bond donors (Lipinski definition) is 1. The molecule has 0 radical (unpaired) electrons. The Hall–Kier alpha value is -2.34. The van der Waals surface area contributed by atoms with E-state index in [9.17, 15) is 4.79 Å². The van der Waals surface area contributed by atoms with Crippen molar-refractivity contribution in [2.45, 2.75) is 20.0 Å². The second kappa shape index (κ2) is 7.61. The Labute approximate surface area is 133 Å². The summed E-state index contributed by atoms with van der Waals surface area (Å²) in [5.41, 5.74) is 0.811. The summed E-state index contributed by atoms with van der Waals surface area (Å²) in [7, 11) is 0. The fraction of sp³-hybridized carbons (Fsp3) is 0.267. The summed E-state index contributed by atoms with van der Waals surface area (Å²) in [6.45, 7) is 3.62. The minimum atomic E-state index is -0.777. The van der Waals surface area contributed by atoms with Gasteiger partial charge in [0.25, 0.3) is 0 Å². The predicted octanol–water partition coefficient (Wildman–Crippen LogP) is 3.20. The number of rotatable bonds is 6. The molecule has 2 rings (SSSR count). The van der Waals surface area contributed by atoms with Crippen LogP contribution in [0.15, 0.2) is 36.5 Å². The van der Waals surface area contributed by atoms with E-state index in [0.717, 1.165) is 5.69 Å². The fourth-order valence-electron chi connectivity index (χ4n) is 1.68. The van der Waals surface area contributed by atoms with Crippen molar-refractivity contribution in [2.24, 2.45) is 0 Å². The third-order valence-corrected chi connectivity index (χ3v) is 2.87. The van der Waals surface area contributed by atoms with Crippen LogP contribution in [-0.2, 0) is 9.53 Å². The molecule has 0 aliphatic carbocycles. The minimum absolute atomic E-state index is 0.0783. The zero-order valence-electron chi connectivity index (χ0n) is 12.2. The molecule has 0 fully saturated rings. The van der Waals surface area contributed by atoms with Crippen molar-refractivity contribution >= 4 is 29.1 Å². The number of nitrogens with one attached hydrogen (secondary N) is 1. The number of carbonyl (C=O) groups excluding carboxylic acids is 1. The fourth-order valence-corrected chi connectivity index (χ4v) is 1.81. The van der Waals surface area contributed by atoms with E-state index in [-0.39, 0.29) is 5.28 Å². The second-order valence-corrected chi connectivity index (χ2v) is 4.69. The average molecular weight is 322 g/mol. The molecule has 0 spiro atoms. The van der Waals surface area contributed by atoms with Gasteiger partial charge < -0.3 is 14.8 Å². The summed E-state index contributed by atoms with van der Waals surface area (Å²) in [6.07, 6.45) is 0.636. The monoisotopic (exact) mass is 321 g/mol. The van der Waals surface area contributed by atoms with E-state index in [0.29, 0.717) is 18.2 Å². The van der Waals surface area contributed by atoms with Crippen LogP contribution in [0.2, 0.25) is 5.28 Å². The molecule has 0 bridgehead atoms. The highest BCUT2D eigenvalue weighted by molar-refractivity contribution is 6.28. The Morgan fingerprint density at radius 2 is 2.09 bits per heavy atom. The van der Waals surface area contributed by atoms with Gasteiger partial charge in [0.2, 0.25) is 5.28 Å². The maximum Gasteiger partial charge on any atom is 0.347 e. The number of nitrogens with zero attached hydrogens (tertiary/aromatic N) is 2. The lowest BCUT2D eigenvalue weighted by molar-refractivity contribution is -0.150. The Morgan fingerprint density at radius 3 is 2.77 bits per heavy atom. The summed E-state index contributed by atoms with van der Waals surface area (Å²) in [5.74, 6) is 0.235. The Balaban J connectivity index is 2.19. The molecule has 22 heavy (non-hydrogen) atoms. The predicted molar refractivity (Wildman–Crippen MR) is 83.5 cm³/mol. The van der Waals surface area contributed by atoms with Gasteiger partial charge in [0.05, 0.1) is 12.8 Å². The summed E-state index contributed by atoms with van der Waals surface area (Å²) >= 11 is 5.82. The van der Waals surface area contributed by atoms with Gasteiger partial charge in [0, 0.05) is 5.69 Å². The van der Waals surface area contributed by atoms with Gasteiger partial charge in [-0.1, -0.05) is 18.2 Å². The number of esters is 1. The van der Waals surface area contributed by atoms with Crippen LogP contribution in [-0.4, -0.2) is 28.6 Å². The van der Waals surface area contributed by atoms with Crippen LogP contribution in [0.25, 0.3) is 0 Å². The molecule has 0 aliphatic rings. The molecule has 116 valence electrons. The van der Waals surface area contributed by atoms with Crippen molar-refractivity contribution in [3.05, 3.63) is 41.8 Å². The van der Waals surface area contributed by atoms with Crippen molar-refractivity contribution in [1.29, 1.82) is 0 Å². The zero-order chi connectivity index (χ0) is 15.9. The number of carbonyl (C=O) groups is 1. The van der Waals surface area contributed by atoms with Gasteiger partial charge >= 0.3 is 5.97 Å². The van der Waals surface area contributed by atoms with Crippen molar-refractivity contribution in [3.63, 3.8) is 0 Å². The molecule has 0 aliphatic heterocycles. The van der Waals surface area contributed by atoms with Gasteiger partial charge in [0.15, 0.2) is 17.7 Å². The van der Waals surface area contributed by atoms with Gasteiger partial charge in [-0.15, -0.1) is 0 Å². The van der Waals surface area contributed by atoms with Crippen LogP contribution in [0, 0.1) is 0 Å². The molecule has 1 aromatic carbocycles. The molecule has 1 atom stereocenters. The standard InChI is InChI=1S/C15H16ClN3O3/c1-3-21-14(20)10(2)22-12-9-17-15(16)19-13(12)18-11-7-5-4-6-8-11/h4-10H,3H2,1-2H3,(H,17,18,19). The van der Waals surface area contributed by atoms with Crippen LogP contribution < -0.4 is 10.1 Å². The van der Waals surface area contributed by atoms with E-state index in [2.05, 4.69) is 15.3 Å². The number of para-hydroxylation sites is 1. The highest BCUT2D eigenvalue weighted by Gasteiger charge is 2.18. The van der Waals surface area contributed by atoms with Gasteiger partial charge in [-0.3, -0.25) is 0 Å². The third kappa shape index (κ3) is 4.33. The molecule has 0 saturated heterocycles. The Bertz CT molecular complexity index is 637. The molecule has 7 heteroatoms. The lowest BCUT2D eigenvalue weighted by Gasteiger charge is -2.16. The number of halogens is 1. The van der Waals surface area contributed by atoms with E-state index in [4.69, 9.17) is 21.1 Å². The number of anilines is 2.